The number of hydrogen-bond donors (Lipinski definition) is 0. The van der Waals surface area contributed by atoms with E-state index in [9.17, 15) is 8.42 Å². The van der Waals surface area contributed by atoms with Gasteiger partial charge in [-0.3, -0.25) is 0 Å². The molecule has 6 heteroatoms. The van der Waals surface area contributed by atoms with Gasteiger partial charge in [-0.25, -0.2) is 8.42 Å². The fourth-order valence-corrected chi connectivity index (χ4v) is 4.86. The third-order valence-corrected chi connectivity index (χ3v) is 7.79. The lowest BCUT2D eigenvalue weighted by Gasteiger charge is -2.09. The summed E-state index contributed by atoms with van der Waals surface area (Å²) in [6, 6.07) is 11.6. The molecular formula is C12H7Br3O2S. The number of halogens is 3. The smallest absolute Gasteiger partial charge is 0.207 e. The van der Waals surface area contributed by atoms with Crippen LogP contribution in [-0.4, -0.2) is 8.42 Å². The van der Waals surface area contributed by atoms with Gasteiger partial charge in [-0.15, -0.1) is 0 Å². The predicted octanol–water partition coefficient (Wildman–Crippen LogP) is 4.81. The summed E-state index contributed by atoms with van der Waals surface area (Å²) >= 11 is 9.98. The number of hydrogen-bond acceptors (Lipinski definition) is 2. The minimum Gasteiger partial charge on any atom is -0.218 e. The lowest BCUT2D eigenvalue weighted by atomic mass is 10.4. The molecule has 18 heavy (non-hydrogen) atoms. The van der Waals surface area contributed by atoms with E-state index in [-0.39, 0.29) is 9.79 Å². The summed E-state index contributed by atoms with van der Waals surface area (Å²) in [7, 11) is -3.51. The molecule has 0 unspecified atom stereocenters. The van der Waals surface area contributed by atoms with Crippen LogP contribution in [0.4, 0.5) is 0 Å². The van der Waals surface area contributed by atoms with Crippen LogP contribution in [0.25, 0.3) is 0 Å². The molecule has 2 rings (SSSR count). The number of benzene rings is 2. The molecule has 0 bridgehead atoms. The normalized spacial score (nSPS) is 11.5. The van der Waals surface area contributed by atoms with Crippen LogP contribution in [0.3, 0.4) is 0 Å². The fourth-order valence-electron chi connectivity index (χ4n) is 1.44. The van der Waals surface area contributed by atoms with Crippen LogP contribution >= 0.6 is 47.8 Å². The SMILES string of the molecule is O=S(=O)(c1ccccc1)c1ccc(Br)c(Br)c1Br. The lowest BCUT2D eigenvalue weighted by molar-refractivity contribution is 0.595. The van der Waals surface area contributed by atoms with Gasteiger partial charge >= 0.3 is 0 Å². The molecule has 0 amide bonds. The third-order valence-electron chi connectivity index (χ3n) is 2.34. The second-order valence-electron chi connectivity index (χ2n) is 3.49. The Hall–Kier alpha value is -0.170. The molecule has 2 aromatic rings. The van der Waals surface area contributed by atoms with Crippen molar-refractivity contribution in [1.29, 1.82) is 0 Å². The van der Waals surface area contributed by atoms with Crippen LogP contribution in [-0.2, 0) is 9.84 Å². The van der Waals surface area contributed by atoms with Gasteiger partial charge in [0.25, 0.3) is 0 Å². The molecule has 2 nitrogen and oxygen atoms in total. The Labute approximate surface area is 131 Å². The van der Waals surface area contributed by atoms with E-state index >= 15 is 0 Å². The summed E-state index contributed by atoms with van der Waals surface area (Å²) in [5.74, 6) is 0. The first-order valence-electron chi connectivity index (χ1n) is 4.88. The summed E-state index contributed by atoms with van der Waals surface area (Å²) in [4.78, 5) is 0.517. The van der Waals surface area contributed by atoms with E-state index in [0.717, 1.165) is 4.47 Å². The van der Waals surface area contributed by atoms with Crippen molar-refractivity contribution in [1.82, 2.24) is 0 Å². The van der Waals surface area contributed by atoms with Gasteiger partial charge in [-0.2, -0.15) is 0 Å². The molecule has 0 radical (unpaired) electrons. The fraction of sp³-hybridized carbons (Fsp3) is 0. The van der Waals surface area contributed by atoms with Gasteiger partial charge in [0.2, 0.25) is 9.84 Å². The van der Waals surface area contributed by atoms with Gasteiger partial charge in [0, 0.05) is 8.95 Å². The quantitative estimate of drug-likeness (QED) is 0.610. The van der Waals surface area contributed by atoms with E-state index in [0.29, 0.717) is 8.95 Å². The molecular weight excluding hydrogens is 448 g/mol. The van der Waals surface area contributed by atoms with Crippen molar-refractivity contribution in [2.45, 2.75) is 9.79 Å². The zero-order valence-corrected chi connectivity index (χ0v) is 14.5. The summed E-state index contributed by atoms with van der Waals surface area (Å²) in [6.45, 7) is 0. The molecule has 0 aliphatic rings. The van der Waals surface area contributed by atoms with Gasteiger partial charge < -0.3 is 0 Å². The minimum atomic E-state index is -3.51. The molecule has 94 valence electrons. The van der Waals surface area contributed by atoms with Gasteiger partial charge in [-0.1, -0.05) is 18.2 Å². The maximum atomic E-state index is 12.5. The molecule has 0 spiro atoms. The van der Waals surface area contributed by atoms with E-state index < -0.39 is 9.84 Å². The first-order chi connectivity index (χ1) is 8.44. The maximum Gasteiger partial charge on any atom is 0.207 e. The summed E-state index contributed by atoms with van der Waals surface area (Å²) in [5.41, 5.74) is 0. The van der Waals surface area contributed by atoms with E-state index in [4.69, 9.17) is 0 Å². The van der Waals surface area contributed by atoms with Crippen LogP contribution in [0.1, 0.15) is 0 Å². The topological polar surface area (TPSA) is 34.1 Å². The van der Waals surface area contributed by atoms with Crippen molar-refractivity contribution < 1.29 is 8.42 Å². The first-order valence-corrected chi connectivity index (χ1v) is 8.74. The van der Waals surface area contributed by atoms with Crippen LogP contribution in [0, 0.1) is 0 Å². The average Bonchev–Trinajstić information content (AvgIpc) is 2.37. The Morgan fingerprint density at radius 2 is 1.39 bits per heavy atom. The van der Waals surface area contributed by atoms with Crippen LogP contribution < -0.4 is 0 Å². The first kappa shape index (κ1) is 14.2. The van der Waals surface area contributed by atoms with Gasteiger partial charge in [0.15, 0.2) is 0 Å². The van der Waals surface area contributed by atoms with E-state index in [1.165, 1.54) is 0 Å². The van der Waals surface area contributed by atoms with Crippen molar-refractivity contribution in [2.24, 2.45) is 0 Å². The lowest BCUT2D eigenvalue weighted by Crippen LogP contribution is -2.03. The molecule has 0 N–H and O–H groups in total. The van der Waals surface area contributed by atoms with Crippen LogP contribution in [0.2, 0.25) is 0 Å². The standard InChI is InChI=1S/C12H7Br3O2S/c13-9-6-7-10(12(15)11(9)14)18(16,17)8-4-2-1-3-5-8/h1-7H. The highest BCUT2D eigenvalue weighted by Gasteiger charge is 2.22. The molecule has 0 atom stereocenters. The zero-order valence-electron chi connectivity index (χ0n) is 8.90. The molecule has 0 aromatic heterocycles. The second-order valence-corrected chi connectivity index (χ2v) is 7.85. The third kappa shape index (κ3) is 2.57. The average molecular weight is 455 g/mol. The van der Waals surface area contributed by atoms with Crippen LogP contribution in [0.15, 0.2) is 65.7 Å². The Balaban J connectivity index is 2.67. The molecule has 0 heterocycles. The van der Waals surface area contributed by atoms with Gasteiger partial charge in [-0.05, 0) is 72.1 Å². The Bertz CT molecular complexity index is 682. The zero-order chi connectivity index (χ0) is 13.3. The highest BCUT2D eigenvalue weighted by atomic mass is 79.9. The number of rotatable bonds is 2. The molecule has 0 saturated heterocycles. The van der Waals surface area contributed by atoms with Gasteiger partial charge in [0.1, 0.15) is 0 Å². The predicted molar refractivity (Wildman–Crippen MR) is 81.4 cm³/mol. The highest BCUT2D eigenvalue weighted by molar-refractivity contribution is 9.14. The number of sulfone groups is 1. The molecule has 0 fully saturated rings. The molecule has 0 aliphatic carbocycles. The van der Waals surface area contributed by atoms with Crippen molar-refractivity contribution in [2.75, 3.05) is 0 Å². The maximum absolute atomic E-state index is 12.5. The van der Waals surface area contributed by atoms with Crippen molar-refractivity contribution >= 4 is 57.6 Å². The monoisotopic (exact) mass is 452 g/mol. The largest absolute Gasteiger partial charge is 0.218 e. The van der Waals surface area contributed by atoms with Crippen molar-refractivity contribution in [3.8, 4) is 0 Å². The Kier molecular flexibility index (Phi) is 4.31. The van der Waals surface area contributed by atoms with Gasteiger partial charge in [0.05, 0.1) is 14.3 Å². The van der Waals surface area contributed by atoms with E-state index in [1.807, 2.05) is 0 Å². The summed E-state index contributed by atoms with van der Waals surface area (Å²) in [5, 5.41) is 0. The van der Waals surface area contributed by atoms with Crippen molar-refractivity contribution in [3.05, 3.63) is 55.9 Å². The highest BCUT2D eigenvalue weighted by Crippen LogP contribution is 2.37. The minimum absolute atomic E-state index is 0.240. The second kappa shape index (κ2) is 5.45. The summed E-state index contributed by atoms with van der Waals surface area (Å²) in [6.07, 6.45) is 0. The molecule has 2 aromatic carbocycles. The Morgan fingerprint density at radius 1 is 0.778 bits per heavy atom. The summed E-state index contributed by atoms with van der Waals surface area (Å²) < 4.78 is 26.9. The van der Waals surface area contributed by atoms with Crippen molar-refractivity contribution in [3.63, 3.8) is 0 Å². The molecule has 0 saturated carbocycles. The van der Waals surface area contributed by atoms with Crippen LogP contribution in [0.5, 0.6) is 0 Å². The van der Waals surface area contributed by atoms with E-state index in [1.54, 1.807) is 42.5 Å². The molecule has 0 aliphatic heterocycles. The van der Waals surface area contributed by atoms with E-state index in [2.05, 4.69) is 47.8 Å². The Morgan fingerprint density at radius 3 is 2.00 bits per heavy atom.